The Bertz CT molecular complexity index is 421. The molecule has 2 saturated heterocycles. The van der Waals surface area contributed by atoms with Crippen LogP contribution in [-0.4, -0.2) is 74.9 Å². The lowest BCUT2D eigenvalue weighted by molar-refractivity contribution is -0.122. The van der Waals surface area contributed by atoms with Crippen molar-refractivity contribution in [1.82, 2.24) is 15.5 Å². The van der Waals surface area contributed by atoms with Crippen molar-refractivity contribution >= 4 is 27.3 Å². The van der Waals surface area contributed by atoms with Crippen molar-refractivity contribution in [2.75, 3.05) is 44.2 Å². The molecule has 6 nitrogen and oxygen atoms in total. The predicted octanol–water partition coefficient (Wildman–Crippen LogP) is -1.20. The topological polar surface area (TPSA) is 78.5 Å². The summed E-state index contributed by atoms with van der Waals surface area (Å²) >= 11 is 5.96. The Morgan fingerprint density at radius 1 is 1.32 bits per heavy atom. The molecule has 1 amide bonds. The molecular weight excluding hydrogens is 290 g/mol. The van der Waals surface area contributed by atoms with Crippen molar-refractivity contribution in [2.45, 2.75) is 17.8 Å². The highest BCUT2D eigenvalue weighted by Gasteiger charge is 2.37. The number of alkyl halides is 1. The first-order valence-electron chi connectivity index (χ1n) is 6.53. The number of halogens is 1. The van der Waals surface area contributed by atoms with Crippen LogP contribution < -0.4 is 10.6 Å². The van der Waals surface area contributed by atoms with E-state index in [9.17, 15) is 13.2 Å². The van der Waals surface area contributed by atoms with E-state index >= 15 is 0 Å². The fraction of sp³-hybridized carbons (Fsp3) is 0.909. The summed E-state index contributed by atoms with van der Waals surface area (Å²) in [5, 5.41) is 5.49. The fourth-order valence-corrected chi connectivity index (χ4v) is 5.00. The molecular formula is C11H20ClN3O3S. The molecule has 2 unspecified atom stereocenters. The maximum absolute atomic E-state index is 11.9. The molecule has 0 aromatic carbocycles. The molecule has 2 N–H and O–H groups in total. The predicted molar refractivity (Wildman–Crippen MR) is 74.2 cm³/mol. The van der Waals surface area contributed by atoms with E-state index in [2.05, 4.69) is 15.5 Å². The van der Waals surface area contributed by atoms with Crippen LogP contribution in [0.4, 0.5) is 0 Å². The van der Waals surface area contributed by atoms with Gasteiger partial charge in [0.05, 0.1) is 29.5 Å². The van der Waals surface area contributed by atoms with Gasteiger partial charge in [0.25, 0.3) is 0 Å². The Morgan fingerprint density at radius 2 is 2.11 bits per heavy atom. The van der Waals surface area contributed by atoms with E-state index in [1.54, 1.807) is 0 Å². The number of amides is 1. The van der Waals surface area contributed by atoms with E-state index < -0.39 is 21.3 Å². The van der Waals surface area contributed by atoms with Gasteiger partial charge in [-0.05, 0) is 19.5 Å². The molecule has 0 radical (unpaired) electrons. The fourth-order valence-electron chi connectivity index (χ4n) is 2.45. The molecule has 0 aliphatic carbocycles. The van der Waals surface area contributed by atoms with E-state index in [0.717, 1.165) is 32.6 Å². The third-order valence-corrected chi connectivity index (χ3v) is 5.80. The lowest BCUT2D eigenvalue weighted by Crippen LogP contribution is -2.46. The van der Waals surface area contributed by atoms with Crippen molar-refractivity contribution < 1.29 is 13.2 Å². The smallest absolute Gasteiger partial charge is 0.234 e. The second-order valence-electron chi connectivity index (χ2n) is 5.15. The molecule has 0 spiro atoms. The van der Waals surface area contributed by atoms with Crippen LogP contribution in [0.25, 0.3) is 0 Å². The lowest BCUT2D eigenvalue weighted by Gasteiger charge is -2.21. The summed E-state index contributed by atoms with van der Waals surface area (Å²) in [7, 11) is -3.10. The summed E-state index contributed by atoms with van der Waals surface area (Å²) in [5.41, 5.74) is 0. The molecule has 8 heteroatoms. The van der Waals surface area contributed by atoms with Crippen LogP contribution in [0.2, 0.25) is 0 Å². The standard InChI is InChI=1S/C11H20ClN3O3S/c12-9-7-19(17,18)8-10(9)14-11(16)6-15-4-1-2-13-3-5-15/h9-10,13H,1-8H2,(H,14,16). The average molecular weight is 310 g/mol. The summed E-state index contributed by atoms with van der Waals surface area (Å²) in [6.45, 7) is 3.88. The molecule has 0 saturated carbocycles. The van der Waals surface area contributed by atoms with E-state index in [-0.39, 0.29) is 17.4 Å². The van der Waals surface area contributed by atoms with E-state index in [0.29, 0.717) is 6.54 Å². The quantitative estimate of drug-likeness (QED) is 0.641. The molecule has 2 atom stereocenters. The number of hydrogen-bond acceptors (Lipinski definition) is 5. The zero-order valence-corrected chi connectivity index (χ0v) is 12.3. The van der Waals surface area contributed by atoms with Crippen molar-refractivity contribution in [3.05, 3.63) is 0 Å². The highest BCUT2D eigenvalue weighted by molar-refractivity contribution is 7.91. The van der Waals surface area contributed by atoms with Crippen LogP contribution in [0.5, 0.6) is 0 Å². The molecule has 110 valence electrons. The second-order valence-corrected chi connectivity index (χ2v) is 7.86. The monoisotopic (exact) mass is 309 g/mol. The molecule has 2 fully saturated rings. The van der Waals surface area contributed by atoms with Crippen LogP contribution in [-0.2, 0) is 14.6 Å². The zero-order valence-electron chi connectivity index (χ0n) is 10.8. The number of nitrogens with one attached hydrogen (secondary N) is 2. The molecule has 2 aliphatic heterocycles. The Hall–Kier alpha value is -0.370. The maximum atomic E-state index is 11.9. The van der Waals surface area contributed by atoms with Crippen LogP contribution in [0.15, 0.2) is 0 Å². The number of hydrogen-bond donors (Lipinski definition) is 2. The van der Waals surface area contributed by atoms with E-state index in [4.69, 9.17) is 11.6 Å². The minimum atomic E-state index is -3.10. The Kier molecular flexibility index (Phi) is 5.05. The Balaban J connectivity index is 1.81. The van der Waals surface area contributed by atoms with Crippen LogP contribution in [0, 0.1) is 0 Å². The summed E-state index contributed by atoms with van der Waals surface area (Å²) in [6, 6.07) is -0.454. The van der Waals surface area contributed by atoms with Gasteiger partial charge >= 0.3 is 0 Å². The normalized spacial score (nSPS) is 31.8. The zero-order chi connectivity index (χ0) is 13.9. The Morgan fingerprint density at radius 3 is 2.79 bits per heavy atom. The first kappa shape index (κ1) is 15.0. The SMILES string of the molecule is O=C(CN1CCCNCC1)NC1CS(=O)(=O)CC1Cl. The van der Waals surface area contributed by atoms with Gasteiger partial charge < -0.3 is 10.6 Å². The van der Waals surface area contributed by atoms with Crippen LogP contribution >= 0.6 is 11.6 Å². The molecule has 19 heavy (non-hydrogen) atoms. The van der Waals surface area contributed by atoms with E-state index in [1.165, 1.54) is 0 Å². The minimum absolute atomic E-state index is 0.0472. The van der Waals surface area contributed by atoms with Crippen LogP contribution in [0.3, 0.4) is 0 Å². The summed E-state index contributed by atoms with van der Waals surface area (Å²) in [4.78, 5) is 14.0. The van der Waals surface area contributed by atoms with Crippen molar-refractivity contribution in [3.8, 4) is 0 Å². The minimum Gasteiger partial charge on any atom is -0.350 e. The second kappa shape index (κ2) is 6.39. The molecule has 0 bridgehead atoms. The molecule has 2 rings (SSSR count). The van der Waals surface area contributed by atoms with Gasteiger partial charge in [-0.3, -0.25) is 9.69 Å². The highest BCUT2D eigenvalue weighted by atomic mass is 35.5. The van der Waals surface area contributed by atoms with Crippen molar-refractivity contribution in [1.29, 1.82) is 0 Å². The van der Waals surface area contributed by atoms with Gasteiger partial charge in [-0.2, -0.15) is 0 Å². The Labute approximate surface area is 118 Å². The molecule has 0 aromatic heterocycles. The average Bonchev–Trinajstić information content (AvgIpc) is 2.52. The first-order valence-corrected chi connectivity index (χ1v) is 8.79. The van der Waals surface area contributed by atoms with Crippen molar-refractivity contribution in [2.24, 2.45) is 0 Å². The maximum Gasteiger partial charge on any atom is 0.234 e. The summed E-state index contributed by atoms with van der Waals surface area (Å²) in [5.74, 6) is -0.239. The van der Waals surface area contributed by atoms with Crippen molar-refractivity contribution in [3.63, 3.8) is 0 Å². The summed E-state index contributed by atoms with van der Waals surface area (Å²) < 4.78 is 22.8. The number of sulfone groups is 1. The number of nitrogens with zero attached hydrogens (tertiary/aromatic N) is 1. The lowest BCUT2D eigenvalue weighted by atomic mass is 10.2. The summed E-state index contributed by atoms with van der Waals surface area (Å²) in [6.07, 6.45) is 1.02. The van der Waals surface area contributed by atoms with Gasteiger partial charge in [-0.15, -0.1) is 11.6 Å². The van der Waals surface area contributed by atoms with Gasteiger partial charge in [-0.25, -0.2) is 8.42 Å². The largest absolute Gasteiger partial charge is 0.350 e. The number of carbonyl (C=O) groups is 1. The third kappa shape index (κ3) is 4.59. The molecule has 0 aromatic rings. The van der Waals surface area contributed by atoms with Gasteiger partial charge in [0, 0.05) is 13.1 Å². The highest BCUT2D eigenvalue weighted by Crippen LogP contribution is 2.17. The van der Waals surface area contributed by atoms with E-state index in [1.807, 2.05) is 0 Å². The van der Waals surface area contributed by atoms with Crippen LogP contribution in [0.1, 0.15) is 6.42 Å². The van der Waals surface area contributed by atoms with Gasteiger partial charge in [-0.1, -0.05) is 0 Å². The van der Waals surface area contributed by atoms with Gasteiger partial charge in [0.15, 0.2) is 9.84 Å². The van der Waals surface area contributed by atoms with Gasteiger partial charge in [0.1, 0.15) is 0 Å². The molecule has 2 aliphatic rings. The third-order valence-electron chi connectivity index (χ3n) is 3.43. The number of rotatable bonds is 3. The first-order chi connectivity index (χ1) is 8.96. The molecule has 2 heterocycles. The number of carbonyl (C=O) groups excluding carboxylic acids is 1. The van der Waals surface area contributed by atoms with Gasteiger partial charge in [0.2, 0.25) is 5.91 Å².